The van der Waals surface area contributed by atoms with Crippen LogP contribution in [0.1, 0.15) is 19.0 Å². The molecule has 0 atom stereocenters. The Morgan fingerprint density at radius 2 is 2.10 bits per heavy atom. The number of ether oxygens (including phenoxy) is 1. The van der Waals surface area contributed by atoms with Crippen molar-refractivity contribution in [2.24, 2.45) is 0 Å². The lowest BCUT2D eigenvalue weighted by Gasteiger charge is -2.10. The standard InChI is InChI=1S/C15H18FN3O/c1-4-8-17-15-13(16)10(2)18-14(19-15)11-6-5-7-12(9-11)20-3/h5-7,9H,4,8H2,1-3H3,(H,17,18,19). The second-order valence-corrected chi connectivity index (χ2v) is 4.45. The summed E-state index contributed by atoms with van der Waals surface area (Å²) in [5, 5.41) is 2.98. The Morgan fingerprint density at radius 1 is 1.30 bits per heavy atom. The van der Waals surface area contributed by atoms with E-state index in [1.165, 1.54) is 0 Å². The molecule has 1 heterocycles. The highest BCUT2D eigenvalue weighted by molar-refractivity contribution is 5.60. The summed E-state index contributed by atoms with van der Waals surface area (Å²) < 4.78 is 19.1. The minimum Gasteiger partial charge on any atom is -0.497 e. The van der Waals surface area contributed by atoms with Crippen LogP contribution in [0, 0.1) is 12.7 Å². The third kappa shape index (κ3) is 3.04. The largest absolute Gasteiger partial charge is 0.497 e. The van der Waals surface area contributed by atoms with E-state index in [1.807, 2.05) is 31.2 Å². The average Bonchev–Trinajstić information content (AvgIpc) is 2.48. The molecule has 0 aliphatic heterocycles. The number of aryl methyl sites for hydroxylation is 1. The first-order valence-electron chi connectivity index (χ1n) is 6.58. The molecule has 0 spiro atoms. The molecular weight excluding hydrogens is 257 g/mol. The molecule has 0 aliphatic carbocycles. The van der Waals surface area contributed by atoms with Crippen molar-refractivity contribution in [2.75, 3.05) is 19.0 Å². The Morgan fingerprint density at radius 3 is 2.80 bits per heavy atom. The Kier molecular flexibility index (Phi) is 4.50. The molecule has 4 nitrogen and oxygen atoms in total. The molecule has 20 heavy (non-hydrogen) atoms. The van der Waals surface area contributed by atoms with Crippen LogP contribution in [-0.4, -0.2) is 23.6 Å². The molecule has 0 saturated carbocycles. The topological polar surface area (TPSA) is 47.0 Å². The molecule has 1 N–H and O–H groups in total. The highest BCUT2D eigenvalue weighted by Crippen LogP contribution is 2.24. The van der Waals surface area contributed by atoms with Crippen LogP contribution in [0.3, 0.4) is 0 Å². The van der Waals surface area contributed by atoms with Crippen LogP contribution in [-0.2, 0) is 0 Å². The number of hydrogen-bond donors (Lipinski definition) is 1. The van der Waals surface area contributed by atoms with Crippen molar-refractivity contribution in [3.63, 3.8) is 0 Å². The van der Waals surface area contributed by atoms with Gasteiger partial charge in [0.05, 0.1) is 12.8 Å². The number of nitrogens with zero attached hydrogens (tertiary/aromatic N) is 2. The zero-order chi connectivity index (χ0) is 14.5. The number of methoxy groups -OCH3 is 1. The molecule has 0 fully saturated rings. The summed E-state index contributed by atoms with van der Waals surface area (Å²) >= 11 is 0. The van der Waals surface area contributed by atoms with Gasteiger partial charge in [-0.3, -0.25) is 0 Å². The van der Waals surface area contributed by atoms with E-state index < -0.39 is 5.82 Å². The molecular formula is C15H18FN3O. The molecule has 0 saturated heterocycles. The van der Waals surface area contributed by atoms with Gasteiger partial charge in [0.15, 0.2) is 17.5 Å². The van der Waals surface area contributed by atoms with Crippen LogP contribution in [0.4, 0.5) is 10.2 Å². The second-order valence-electron chi connectivity index (χ2n) is 4.45. The van der Waals surface area contributed by atoms with Crippen LogP contribution in [0.15, 0.2) is 24.3 Å². The molecule has 1 aromatic heterocycles. The van der Waals surface area contributed by atoms with E-state index >= 15 is 0 Å². The van der Waals surface area contributed by atoms with E-state index in [0.29, 0.717) is 18.1 Å². The zero-order valence-corrected chi connectivity index (χ0v) is 11.9. The Bertz CT molecular complexity index is 602. The van der Waals surface area contributed by atoms with Gasteiger partial charge in [-0.25, -0.2) is 14.4 Å². The van der Waals surface area contributed by atoms with Crippen molar-refractivity contribution >= 4 is 5.82 Å². The van der Waals surface area contributed by atoms with Crippen LogP contribution >= 0.6 is 0 Å². The number of benzene rings is 1. The van der Waals surface area contributed by atoms with Gasteiger partial charge >= 0.3 is 0 Å². The number of halogens is 1. The van der Waals surface area contributed by atoms with Crippen molar-refractivity contribution in [1.29, 1.82) is 0 Å². The Labute approximate surface area is 118 Å². The third-order valence-corrected chi connectivity index (χ3v) is 2.89. The smallest absolute Gasteiger partial charge is 0.186 e. The summed E-state index contributed by atoms with van der Waals surface area (Å²) in [6.45, 7) is 4.32. The van der Waals surface area contributed by atoms with E-state index in [0.717, 1.165) is 17.7 Å². The van der Waals surface area contributed by atoms with E-state index in [4.69, 9.17) is 4.74 Å². The number of aromatic nitrogens is 2. The summed E-state index contributed by atoms with van der Waals surface area (Å²) in [5.74, 6) is 1.06. The fraction of sp³-hybridized carbons (Fsp3) is 0.333. The molecule has 0 bridgehead atoms. The summed E-state index contributed by atoms with van der Waals surface area (Å²) in [6.07, 6.45) is 0.900. The lowest BCUT2D eigenvalue weighted by atomic mass is 10.2. The maximum absolute atomic E-state index is 14.0. The molecule has 2 aromatic rings. The van der Waals surface area contributed by atoms with Crippen molar-refractivity contribution in [3.8, 4) is 17.1 Å². The van der Waals surface area contributed by atoms with Gasteiger partial charge in [0.25, 0.3) is 0 Å². The van der Waals surface area contributed by atoms with Crippen LogP contribution in [0.5, 0.6) is 5.75 Å². The molecule has 0 unspecified atom stereocenters. The van der Waals surface area contributed by atoms with E-state index in [9.17, 15) is 4.39 Å². The van der Waals surface area contributed by atoms with Crippen LogP contribution in [0.2, 0.25) is 0 Å². The lowest BCUT2D eigenvalue weighted by Crippen LogP contribution is -2.08. The number of anilines is 1. The molecule has 1 aromatic carbocycles. The van der Waals surface area contributed by atoms with Crippen LogP contribution in [0.25, 0.3) is 11.4 Å². The summed E-state index contributed by atoms with van der Waals surface area (Å²) in [7, 11) is 1.60. The first-order chi connectivity index (χ1) is 9.65. The van der Waals surface area contributed by atoms with Crippen molar-refractivity contribution in [2.45, 2.75) is 20.3 Å². The van der Waals surface area contributed by atoms with Gasteiger partial charge < -0.3 is 10.1 Å². The van der Waals surface area contributed by atoms with Gasteiger partial charge in [-0.1, -0.05) is 19.1 Å². The summed E-state index contributed by atoms with van der Waals surface area (Å²) in [6, 6.07) is 7.40. The van der Waals surface area contributed by atoms with Crippen LogP contribution < -0.4 is 10.1 Å². The average molecular weight is 275 g/mol. The normalized spacial score (nSPS) is 10.4. The Hall–Kier alpha value is -2.17. The highest BCUT2D eigenvalue weighted by Gasteiger charge is 2.12. The number of nitrogens with one attached hydrogen (secondary N) is 1. The second kappa shape index (κ2) is 6.32. The van der Waals surface area contributed by atoms with Gasteiger partial charge in [-0.2, -0.15) is 0 Å². The number of rotatable bonds is 5. The predicted molar refractivity (Wildman–Crippen MR) is 77.5 cm³/mol. The quantitative estimate of drug-likeness (QED) is 0.908. The summed E-state index contributed by atoms with van der Waals surface area (Å²) in [5.41, 5.74) is 1.13. The molecule has 106 valence electrons. The highest BCUT2D eigenvalue weighted by atomic mass is 19.1. The van der Waals surface area contributed by atoms with Crippen molar-refractivity contribution in [3.05, 3.63) is 35.8 Å². The first-order valence-corrected chi connectivity index (χ1v) is 6.58. The summed E-state index contributed by atoms with van der Waals surface area (Å²) in [4.78, 5) is 8.47. The van der Waals surface area contributed by atoms with E-state index in [-0.39, 0.29) is 5.82 Å². The molecule has 5 heteroatoms. The van der Waals surface area contributed by atoms with Gasteiger partial charge in [-0.15, -0.1) is 0 Å². The first kappa shape index (κ1) is 14.2. The van der Waals surface area contributed by atoms with Gasteiger partial charge in [0.1, 0.15) is 5.75 Å². The monoisotopic (exact) mass is 275 g/mol. The molecule has 0 amide bonds. The SMILES string of the molecule is CCCNc1nc(-c2cccc(OC)c2)nc(C)c1F. The fourth-order valence-corrected chi connectivity index (χ4v) is 1.81. The maximum atomic E-state index is 14.0. The third-order valence-electron chi connectivity index (χ3n) is 2.89. The zero-order valence-electron chi connectivity index (χ0n) is 11.9. The molecule has 0 radical (unpaired) electrons. The molecule has 2 rings (SSSR count). The lowest BCUT2D eigenvalue weighted by molar-refractivity contribution is 0.415. The minimum absolute atomic E-state index is 0.247. The predicted octanol–water partition coefficient (Wildman–Crippen LogP) is 3.42. The van der Waals surface area contributed by atoms with E-state index in [1.54, 1.807) is 14.0 Å². The number of hydrogen-bond acceptors (Lipinski definition) is 4. The van der Waals surface area contributed by atoms with Gasteiger partial charge in [-0.05, 0) is 25.5 Å². The Balaban J connectivity index is 2.43. The maximum Gasteiger partial charge on any atom is 0.186 e. The van der Waals surface area contributed by atoms with Gasteiger partial charge in [0.2, 0.25) is 0 Å². The van der Waals surface area contributed by atoms with Crippen molar-refractivity contribution in [1.82, 2.24) is 9.97 Å². The van der Waals surface area contributed by atoms with Gasteiger partial charge in [0, 0.05) is 12.1 Å². The van der Waals surface area contributed by atoms with Crippen molar-refractivity contribution < 1.29 is 9.13 Å². The fourth-order valence-electron chi connectivity index (χ4n) is 1.81. The van der Waals surface area contributed by atoms with E-state index in [2.05, 4.69) is 15.3 Å². The minimum atomic E-state index is -0.398. The molecule has 0 aliphatic rings.